The molecule has 2 rings (SSSR count). The minimum atomic E-state index is -0.193. The number of hydrogen-bond donors (Lipinski definition) is 2. The van der Waals surface area contributed by atoms with Gasteiger partial charge >= 0.3 is 0 Å². The van der Waals surface area contributed by atoms with Crippen molar-refractivity contribution in [2.45, 2.75) is 39.0 Å². The number of aromatic nitrogens is 2. The fourth-order valence-corrected chi connectivity index (χ4v) is 2.02. The van der Waals surface area contributed by atoms with E-state index < -0.39 is 0 Å². The third-order valence-corrected chi connectivity index (χ3v) is 3.01. The molecule has 1 amide bonds. The van der Waals surface area contributed by atoms with Crippen LogP contribution in [-0.2, 0) is 17.6 Å². The maximum absolute atomic E-state index is 11.1. The fraction of sp³-hybridized carbons (Fsp3) is 0.636. The van der Waals surface area contributed by atoms with Crippen LogP contribution >= 0.6 is 0 Å². The summed E-state index contributed by atoms with van der Waals surface area (Å²) in [5.41, 5.74) is 7.54. The van der Waals surface area contributed by atoms with E-state index in [0.29, 0.717) is 5.92 Å². The molecule has 1 unspecified atom stereocenters. The van der Waals surface area contributed by atoms with Crippen molar-refractivity contribution in [1.82, 2.24) is 9.97 Å². The zero-order valence-corrected chi connectivity index (χ0v) is 9.21. The van der Waals surface area contributed by atoms with Crippen LogP contribution < -0.4 is 5.73 Å². The number of H-pyrrole nitrogens is 1. The minimum Gasteiger partial charge on any atom is -0.369 e. The second-order valence-corrected chi connectivity index (χ2v) is 4.54. The highest BCUT2D eigenvalue weighted by molar-refractivity contribution is 5.77. The van der Waals surface area contributed by atoms with Crippen molar-refractivity contribution < 1.29 is 4.79 Å². The summed E-state index contributed by atoms with van der Waals surface area (Å²) in [5, 5.41) is 0. The predicted molar refractivity (Wildman–Crippen MR) is 57.4 cm³/mol. The van der Waals surface area contributed by atoms with Crippen LogP contribution in [0.15, 0.2) is 0 Å². The number of carbonyl (C=O) groups is 1. The normalized spacial score (nSPS) is 20.3. The van der Waals surface area contributed by atoms with Gasteiger partial charge in [0, 0.05) is 24.0 Å². The molecule has 15 heavy (non-hydrogen) atoms. The first-order valence-electron chi connectivity index (χ1n) is 5.45. The Hall–Kier alpha value is -1.32. The zero-order valence-electron chi connectivity index (χ0n) is 9.21. The largest absolute Gasteiger partial charge is 0.369 e. The van der Waals surface area contributed by atoms with Crippen molar-refractivity contribution in [3.8, 4) is 0 Å². The maximum Gasteiger partial charge on any atom is 0.220 e. The van der Waals surface area contributed by atoms with Crippen LogP contribution in [0.1, 0.15) is 43.4 Å². The summed E-state index contributed by atoms with van der Waals surface area (Å²) in [5.74, 6) is 1.21. The first-order valence-corrected chi connectivity index (χ1v) is 5.45. The lowest BCUT2D eigenvalue weighted by Gasteiger charge is -2.17. The number of rotatable bonds is 2. The summed E-state index contributed by atoms with van der Waals surface area (Å²) in [6.07, 6.45) is 2.43. The summed E-state index contributed by atoms with van der Waals surface area (Å²) < 4.78 is 0. The van der Waals surface area contributed by atoms with E-state index in [1.165, 1.54) is 0 Å². The quantitative estimate of drug-likeness (QED) is 0.762. The highest BCUT2D eigenvalue weighted by Crippen LogP contribution is 2.25. The van der Waals surface area contributed by atoms with Gasteiger partial charge in [-0.3, -0.25) is 4.79 Å². The molecule has 4 heteroatoms. The minimum absolute atomic E-state index is 0.0158. The molecular weight excluding hydrogens is 190 g/mol. The molecule has 1 aliphatic rings. The van der Waals surface area contributed by atoms with Crippen molar-refractivity contribution >= 4 is 5.91 Å². The molecule has 0 saturated carbocycles. The van der Waals surface area contributed by atoms with Gasteiger partial charge in [-0.2, -0.15) is 0 Å². The van der Waals surface area contributed by atoms with Gasteiger partial charge in [0.1, 0.15) is 5.82 Å². The van der Waals surface area contributed by atoms with Gasteiger partial charge in [-0.25, -0.2) is 4.98 Å². The number of carbonyl (C=O) groups excluding carboxylic acids is 1. The van der Waals surface area contributed by atoms with Crippen LogP contribution in [0, 0.1) is 5.92 Å². The number of nitrogens with zero attached hydrogens (tertiary/aromatic N) is 1. The van der Waals surface area contributed by atoms with Crippen LogP contribution in [0.4, 0.5) is 0 Å². The lowest BCUT2D eigenvalue weighted by atomic mass is 9.89. The van der Waals surface area contributed by atoms with E-state index in [-0.39, 0.29) is 11.8 Å². The Morgan fingerprint density at radius 1 is 1.60 bits per heavy atom. The van der Waals surface area contributed by atoms with Gasteiger partial charge in [0.05, 0.1) is 5.69 Å². The van der Waals surface area contributed by atoms with Crippen molar-refractivity contribution in [3.63, 3.8) is 0 Å². The zero-order chi connectivity index (χ0) is 11.0. The third-order valence-electron chi connectivity index (χ3n) is 3.01. The Morgan fingerprint density at radius 3 is 2.93 bits per heavy atom. The topological polar surface area (TPSA) is 71.8 Å². The summed E-state index contributed by atoms with van der Waals surface area (Å²) in [4.78, 5) is 18.9. The fourth-order valence-electron chi connectivity index (χ4n) is 2.02. The monoisotopic (exact) mass is 207 g/mol. The second kappa shape index (κ2) is 3.68. The molecule has 3 N–H and O–H groups in total. The molecule has 0 spiro atoms. The third kappa shape index (κ3) is 1.89. The number of aromatic amines is 1. The van der Waals surface area contributed by atoms with Gasteiger partial charge in [-0.1, -0.05) is 13.8 Å². The van der Waals surface area contributed by atoms with Crippen LogP contribution in [0.3, 0.4) is 0 Å². The van der Waals surface area contributed by atoms with Crippen LogP contribution in [-0.4, -0.2) is 15.9 Å². The summed E-state index contributed by atoms with van der Waals surface area (Å²) in [6.45, 7) is 4.21. The molecule has 0 aromatic carbocycles. The molecule has 0 aliphatic heterocycles. The Labute approximate surface area is 89.3 Å². The number of hydrogen-bond acceptors (Lipinski definition) is 2. The molecule has 0 fully saturated rings. The summed E-state index contributed by atoms with van der Waals surface area (Å²) in [7, 11) is 0. The van der Waals surface area contributed by atoms with Crippen molar-refractivity contribution in [2.24, 2.45) is 11.7 Å². The highest BCUT2D eigenvalue weighted by Gasteiger charge is 2.25. The van der Waals surface area contributed by atoms with Gasteiger partial charge in [-0.15, -0.1) is 0 Å². The van der Waals surface area contributed by atoms with Gasteiger partial charge in [0.2, 0.25) is 5.91 Å². The molecular formula is C11H17N3O. The number of imidazole rings is 1. The first-order chi connectivity index (χ1) is 7.08. The number of nitrogens with two attached hydrogens (primary N) is 1. The van der Waals surface area contributed by atoms with E-state index in [2.05, 4.69) is 23.8 Å². The average Bonchev–Trinajstić information content (AvgIpc) is 2.59. The molecule has 82 valence electrons. The van der Waals surface area contributed by atoms with Crippen molar-refractivity contribution in [1.29, 1.82) is 0 Å². The Kier molecular flexibility index (Phi) is 2.50. The predicted octanol–water partition coefficient (Wildman–Crippen LogP) is 1.12. The Bertz CT molecular complexity index is 381. The van der Waals surface area contributed by atoms with Crippen LogP contribution in [0.5, 0.6) is 0 Å². The highest BCUT2D eigenvalue weighted by atomic mass is 16.1. The molecule has 1 aliphatic carbocycles. The average molecular weight is 207 g/mol. The summed E-state index contributed by atoms with van der Waals surface area (Å²) in [6, 6.07) is 0. The molecule has 1 atom stereocenters. The van der Waals surface area contributed by atoms with E-state index in [9.17, 15) is 4.79 Å². The van der Waals surface area contributed by atoms with Crippen molar-refractivity contribution in [2.75, 3.05) is 0 Å². The van der Waals surface area contributed by atoms with Gasteiger partial charge in [-0.05, 0) is 12.8 Å². The van der Waals surface area contributed by atoms with Crippen molar-refractivity contribution in [3.05, 3.63) is 17.2 Å². The van der Waals surface area contributed by atoms with E-state index in [0.717, 1.165) is 36.5 Å². The van der Waals surface area contributed by atoms with Crippen LogP contribution in [0.25, 0.3) is 0 Å². The number of fused-ring (bicyclic) bond motifs is 1. The lowest BCUT2D eigenvalue weighted by Crippen LogP contribution is -2.28. The lowest BCUT2D eigenvalue weighted by molar-refractivity contribution is -0.122. The SMILES string of the molecule is CC(C)c1nc2c([nH]1)CC(C(N)=O)CC2. The number of nitrogens with one attached hydrogen (secondary N) is 1. The molecule has 1 aromatic rings. The smallest absolute Gasteiger partial charge is 0.220 e. The summed E-state index contributed by atoms with van der Waals surface area (Å²) >= 11 is 0. The van der Waals surface area contributed by atoms with Gasteiger partial charge in [0.25, 0.3) is 0 Å². The second-order valence-electron chi connectivity index (χ2n) is 4.54. The Balaban J connectivity index is 2.22. The Morgan fingerprint density at radius 2 is 2.33 bits per heavy atom. The maximum atomic E-state index is 11.1. The molecule has 1 aromatic heterocycles. The molecule has 1 heterocycles. The first kappa shape index (κ1) is 10.2. The molecule has 0 bridgehead atoms. The van der Waals surface area contributed by atoms with E-state index in [1.54, 1.807) is 0 Å². The van der Waals surface area contributed by atoms with E-state index in [1.807, 2.05) is 0 Å². The van der Waals surface area contributed by atoms with Gasteiger partial charge < -0.3 is 10.7 Å². The van der Waals surface area contributed by atoms with Crippen LogP contribution in [0.2, 0.25) is 0 Å². The van der Waals surface area contributed by atoms with Gasteiger partial charge in [0.15, 0.2) is 0 Å². The molecule has 0 saturated heterocycles. The van der Waals surface area contributed by atoms with E-state index in [4.69, 9.17) is 5.73 Å². The molecule has 0 radical (unpaired) electrons. The number of aryl methyl sites for hydroxylation is 1. The number of primary amides is 1. The molecule has 4 nitrogen and oxygen atoms in total. The number of amides is 1. The standard InChI is InChI=1S/C11H17N3O/c1-6(2)11-13-8-4-3-7(10(12)15)5-9(8)14-11/h6-7H,3-5H2,1-2H3,(H2,12,15)(H,13,14). The van der Waals surface area contributed by atoms with E-state index >= 15 is 0 Å².